The zero-order chi connectivity index (χ0) is 23.2. The summed E-state index contributed by atoms with van der Waals surface area (Å²) in [5.74, 6) is 1.11. The van der Waals surface area contributed by atoms with Gasteiger partial charge in [-0.2, -0.15) is 0 Å². The standard InChI is InChI=1S/C27H21N3O3S/c31-19-9-5-16(6-10-19)13-21-27(33)30-15-22(17-7-11-20(32)12-8-17)28-25(26(30)29-21)24-14-18-3-1-2-4-23(18)34-24/h1-12,14,21,29,31-32H,13,15H2. The molecule has 6 rings (SSSR count). The van der Waals surface area contributed by atoms with Crippen molar-refractivity contribution in [3.8, 4) is 11.5 Å². The average Bonchev–Trinajstić information content (AvgIpc) is 3.42. The predicted molar refractivity (Wildman–Crippen MR) is 134 cm³/mol. The zero-order valence-electron chi connectivity index (χ0n) is 18.1. The van der Waals surface area contributed by atoms with Gasteiger partial charge in [0, 0.05) is 11.1 Å². The van der Waals surface area contributed by atoms with Crippen LogP contribution in [0.1, 0.15) is 16.0 Å². The van der Waals surface area contributed by atoms with Crippen molar-refractivity contribution in [1.29, 1.82) is 0 Å². The number of carbonyl (C=O) groups excluding carboxylic acids is 1. The Balaban J connectivity index is 1.42. The smallest absolute Gasteiger partial charge is 0.251 e. The zero-order valence-corrected chi connectivity index (χ0v) is 18.9. The Morgan fingerprint density at radius 3 is 2.41 bits per heavy atom. The molecule has 7 heteroatoms. The van der Waals surface area contributed by atoms with Crippen molar-refractivity contribution in [2.75, 3.05) is 6.54 Å². The van der Waals surface area contributed by atoms with Crippen LogP contribution < -0.4 is 5.32 Å². The molecule has 3 N–H and O–H groups in total. The Hall–Kier alpha value is -4.10. The number of aliphatic imine (C=N–C) groups is 1. The second-order valence-electron chi connectivity index (χ2n) is 8.44. The molecule has 0 aliphatic carbocycles. The molecule has 1 saturated heterocycles. The van der Waals surface area contributed by atoms with Crippen LogP contribution in [0.4, 0.5) is 0 Å². The first kappa shape index (κ1) is 20.5. The van der Waals surface area contributed by atoms with Crippen molar-refractivity contribution in [3.05, 3.63) is 101 Å². The number of hydrogen-bond acceptors (Lipinski definition) is 6. The SMILES string of the molecule is O=C1C(Cc2ccc(O)cc2)NC2=C(c3cc4ccccc4s3)N=C(c3ccc(O)cc3)CN12. The number of carbonyl (C=O) groups is 1. The molecule has 1 aromatic heterocycles. The van der Waals surface area contributed by atoms with Crippen molar-refractivity contribution in [1.82, 2.24) is 10.2 Å². The minimum atomic E-state index is -0.418. The van der Waals surface area contributed by atoms with Crippen LogP contribution in [0, 0.1) is 0 Å². The van der Waals surface area contributed by atoms with Gasteiger partial charge in [-0.05, 0) is 65.0 Å². The number of hydrogen-bond donors (Lipinski definition) is 3. The van der Waals surface area contributed by atoms with Crippen LogP contribution in [0.2, 0.25) is 0 Å². The van der Waals surface area contributed by atoms with Gasteiger partial charge < -0.3 is 15.5 Å². The average molecular weight is 468 g/mol. The fraction of sp³-hybridized carbons (Fsp3) is 0.111. The first-order valence-electron chi connectivity index (χ1n) is 11.0. The quantitative estimate of drug-likeness (QED) is 0.413. The number of thiophene rings is 1. The molecule has 1 amide bonds. The molecule has 1 atom stereocenters. The fourth-order valence-corrected chi connectivity index (χ4v) is 5.47. The molecule has 6 nitrogen and oxygen atoms in total. The molecule has 3 heterocycles. The summed E-state index contributed by atoms with van der Waals surface area (Å²) < 4.78 is 1.16. The third kappa shape index (κ3) is 3.60. The molecule has 1 unspecified atom stereocenters. The van der Waals surface area contributed by atoms with Gasteiger partial charge in [-0.25, -0.2) is 4.99 Å². The Bertz CT molecular complexity index is 1440. The van der Waals surface area contributed by atoms with Gasteiger partial charge in [-0.3, -0.25) is 9.69 Å². The van der Waals surface area contributed by atoms with Crippen molar-refractivity contribution in [2.45, 2.75) is 12.5 Å². The van der Waals surface area contributed by atoms with Crippen molar-refractivity contribution < 1.29 is 15.0 Å². The number of nitrogens with zero attached hydrogens (tertiary/aromatic N) is 2. The van der Waals surface area contributed by atoms with E-state index in [1.54, 1.807) is 40.5 Å². The van der Waals surface area contributed by atoms with Gasteiger partial charge in [0.15, 0.2) is 0 Å². The largest absolute Gasteiger partial charge is 0.508 e. The maximum absolute atomic E-state index is 13.5. The van der Waals surface area contributed by atoms with Crippen molar-refractivity contribution in [3.63, 3.8) is 0 Å². The summed E-state index contributed by atoms with van der Waals surface area (Å²) in [6.45, 7) is 0.354. The van der Waals surface area contributed by atoms with E-state index < -0.39 is 6.04 Å². The molecule has 0 radical (unpaired) electrons. The van der Waals surface area contributed by atoms with E-state index in [9.17, 15) is 15.0 Å². The highest BCUT2D eigenvalue weighted by Crippen LogP contribution is 2.37. The Labute approximate surface area is 200 Å². The monoisotopic (exact) mass is 467 g/mol. The number of rotatable bonds is 4. The number of fused-ring (bicyclic) bond motifs is 2. The lowest BCUT2D eigenvalue weighted by atomic mass is 10.1. The van der Waals surface area contributed by atoms with Crippen molar-refractivity contribution in [2.24, 2.45) is 4.99 Å². The maximum atomic E-state index is 13.5. The van der Waals surface area contributed by atoms with Gasteiger partial charge >= 0.3 is 0 Å². The minimum Gasteiger partial charge on any atom is -0.508 e. The van der Waals surface area contributed by atoms with E-state index in [4.69, 9.17) is 4.99 Å². The Morgan fingerprint density at radius 1 is 0.971 bits per heavy atom. The van der Waals surface area contributed by atoms with Crippen LogP contribution >= 0.6 is 11.3 Å². The lowest BCUT2D eigenvalue weighted by Gasteiger charge is -2.25. The maximum Gasteiger partial charge on any atom is 0.251 e. The van der Waals surface area contributed by atoms with Crippen LogP contribution in [-0.4, -0.2) is 39.3 Å². The number of amides is 1. The molecule has 2 aliphatic rings. The number of phenols is 2. The van der Waals surface area contributed by atoms with Gasteiger partial charge in [0.05, 0.1) is 17.1 Å². The summed E-state index contributed by atoms with van der Waals surface area (Å²) >= 11 is 1.65. The highest BCUT2D eigenvalue weighted by atomic mass is 32.1. The van der Waals surface area contributed by atoms with Gasteiger partial charge in [-0.1, -0.05) is 30.3 Å². The van der Waals surface area contributed by atoms with Crippen LogP contribution in [0.5, 0.6) is 11.5 Å². The lowest BCUT2D eigenvalue weighted by Crippen LogP contribution is -2.36. The van der Waals surface area contributed by atoms with E-state index in [1.807, 2.05) is 36.4 Å². The van der Waals surface area contributed by atoms with Crippen LogP contribution in [0.15, 0.2) is 89.7 Å². The molecular weight excluding hydrogens is 446 g/mol. The first-order valence-corrected chi connectivity index (χ1v) is 11.8. The summed E-state index contributed by atoms with van der Waals surface area (Å²) in [7, 11) is 0. The van der Waals surface area contributed by atoms with Gasteiger partial charge in [-0.15, -0.1) is 11.3 Å². The van der Waals surface area contributed by atoms with E-state index in [0.717, 1.165) is 43.3 Å². The first-order chi connectivity index (χ1) is 16.5. The number of nitrogens with one attached hydrogen (secondary N) is 1. The molecule has 0 spiro atoms. The molecule has 168 valence electrons. The molecular formula is C27H21N3O3S. The molecule has 4 aromatic rings. The van der Waals surface area contributed by atoms with Crippen molar-refractivity contribution >= 4 is 38.7 Å². The molecule has 2 aliphatic heterocycles. The summed E-state index contributed by atoms with van der Waals surface area (Å²) in [5.41, 5.74) is 3.35. The van der Waals surface area contributed by atoms with E-state index in [0.29, 0.717) is 13.0 Å². The minimum absolute atomic E-state index is 0.00661. The van der Waals surface area contributed by atoms with Crippen LogP contribution in [0.25, 0.3) is 15.8 Å². The highest BCUT2D eigenvalue weighted by Gasteiger charge is 2.40. The lowest BCUT2D eigenvalue weighted by molar-refractivity contribution is -0.127. The van der Waals surface area contributed by atoms with Gasteiger partial charge in [0.2, 0.25) is 0 Å². The molecule has 0 bridgehead atoms. The second kappa shape index (κ2) is 8.04. The van der Waals surface area contributed by atoms with E-state index in [2.05, 4.69) is 23.5 Å². The number of benzene rings is 3. The second-order valence-corrected chi connectivity index (χ2v) is 9.53. The third-order valence-corrected chi connectivity index (χ3v) is 7.28. The highest BCUT2D eigenvalue weighted by molar-refractivity contribution is 7.20. The molecule has 1 fully saturated rings. The Kier molecular flexibility index (Phi) is 4.85. The van der Waals surface area contributed by atoms with E-state index in [-0.39, 0.29) is 17.4 Å². The molecule has 0 saturated carbocycles. The van der Waals surface area contributed by atoms with Crippen LogP contribution in [-0.2, 0) is 11.2 Å². The van der Waals surface area contributed by atoms with E-state index >= 15 is 0 Å². The summed E-state index contributed by atoms with van der Waals surface area (Å²) in [6, 6.07) is 23.7. The molecule has 34 heavy (non-hydrogen) atoms. The Morgan fingerprint density at radius 2 is 1.68 bits per heavy atom. The predicted octanol–water partition coefficient (Wildman–Crippen LogP) is 4.48. The summed E-state index contributed by atoms with van der Waals surface area (Å²) in [5, 5.41) is 23.9. The number of aromatic hydroxyl groups is 2. The summed E-state index contributed by atoms with van der Waals surface area (Å²) in [6.07, 6.45) is 0.507. The van der Waals surface area contributed by atoms with E-state index in [1.165, 1.54) is 0 Å². The fourth-order valence-electron chi connectivity index (χ4n) is 4.42. The third-order valence-electron chi connectivity index (χ3n) is 6.16. The van der Waals surface area contributed by atoms with Crippen LogP contribution in [0.3, 0.4) is 0 Å². The summed E-state index contributed by atoms with van der Waals surface area (Å²) in [4.78, 5) is 21.3. The topological polar surface area (TPSA) is 85.2 Å². The molecule has 3 aromatic carbocycles. The van der Waals surface area contributed by atoms with Gasteiger partial charge in [0.1, 0.15) is 29.1 Å². The normalized spacial score (nSPS) is 17.6. The van der Waals surface area contributed by atoms with Gasteiger partial charge in [0.25, 0.3) is 5.91 Å². The number of phenolic OH excluding ortho intramolecular Hbond substituents is 2.